The van der Waals surface area contributed by atoms with Gasteiger partial charge < -0.3 is 13.7 Å². The van der Waals surface area contributed by atoms with Crippen LogP contribution in [-0.4, -0.2) is 18.9 Å². The molecule has 0 saturated carbocycles. The van der Waals surface area contributed by atoms with E-state index in [-0.39, 0.29) is 20.4 Å². The van der Waals surface area contributed by atoms with Crippen molar-refractivity contribution in [2.24, 2.45) is 0 Å². The van der Waals surface area contributed by atoms with E-state index in [9.17, 15) is 0 Å². The predicted octanol–water partition coefficient (Wildman–Crippen LogP) is 13.2. The molecule has 280 valence electrons. The number of aryl methyl sites for hydroxylation is 4. The van der Waals surface area contributed by atoms with E-state index in [1.807, 2.05) is 36.5 Å². The van der Waals surface area contributed by atoms with Crippen molar-refractivity contribution in [2.45, 2.75) is 27.7 Å². The summed E-state index contributed by atoms with van der Waals surface area (Å²) in [5.74, 6) is 2.01. The first-order chi connectivity index (χ1) is 27.9. The van der Waals surface area contributed by atoms with Crippen molar-refractivity contribution in [1.82, 2.24) is 18.9 Å². The second-order valence-electron chi connectivity index (χ2n) is 15.0. The summed E-state index contributed by atoms with van der Waals surface area (Å²) in [6.07, 6.45) is 1.82. The molecular formula is C52H36N4OPd. The number of pyridine rings is 2. The number of hydrogen-bond donors (Lipinski definition) is 0. The molecule has 6 heteroatoms. The van der Waals surface area contributed by atoms with Crippen LogP contribution in [-0.2, 0) is 20.4 Å². The smallest absolute Gasteiger partial charge is 0.503 e. The first-order valence-electron chi connectivity index (χ1n) is 19.3. The average molecular weight is 839 g/mol. The average Bonchev–Trinajstić information content (AvgIpc) is 3.78. The van der Waals surface area contributed by atoms with Crippen molar-refractivity contribution in [3.63, 3.8) is 0 Å². The number of nitrogens with zero attached hydrogens (tertiary/aromatic N) is 4. The van der Waals surface area contributed by atoms with Gasteiger partial charge in [0, 0.05) is 34.3 Å². The number of aromatic nitrogens is 4. The number of benzene rings is 7. The molecular weight excluding hydrogens is 803 g/mol. The van der Waals surface area contributed by atoms with Crippen molar-refractivity contribution < 1.29 is 25.2 Å². The summed E-state index contributed by atoms with van der Waals surface area (Å²) in [6, 6.07) is 56.2. The molecule has 0 aliphatic carbocycles. The maximum absolute atomic E-state index is 6.71. The minimum atomic E-state index is 0. The molecule has 0 aliphatic rings. The SMILES string of the molecule is Cc1cccc(C)c1-c1ccc(-c2c(C)cccc2C)c2c1c1ccc(Oc3[c-]c4c(cc3)c3ccccc3n4-c3ccccn3)[c-]c1c1nc3ccccc3n12.[Pd+2]. The Morgan fingerprint density at radius 2 is 1.16 bits per heavy atom. The maximum Gasteiger partial charge on any atom is 2.00 e. The number of rotatable bonds is 5. The van der Waals surface area contributed by atoms with Crippen molar-refractivity contribution >= 4 is 60.2 Å². The Kier molecular flexibility index (Phi) is 8.53. The molecule has 0 spiro atoms. The number of para-hydroxylation sites is 3. The molecule has 0 radical (unpaired) electrons. The molecule has 0 amide bonds. The summed E-state index contributed by atoms with van der Waals surface area (Å²) in [6.45, 7) is 8.83. The van der Waals surface area contributed by atoms with Crippen LogP contribution in [0.25, 0.3) is 88.2 Å². The third kappa shape index (κ3) is 5.41. The van der Waals surface area contributed by atoms with Crippen molar-refractivity contribution in [3.8, 4) is 39.6 Å². The number of ether oxygens (including phenoxy) is 1. The summed E-state index contributed by atoms with van der Waals surface area (Å²) < 4.78 is 11.2. The molecule has 11 rings (SSSR count). The monoisotopic (exact) mass is 838 g/mol. The normalized spacial score (nSPS) is 11.7. The van der Waals surface area contributed by atoms with E-state index >= 15 is 0 Å². The van der Waals surface area contributed by atoms with Crippen LogP contribution in [0.2, 0.25) is 0 Å². The van der Waals surface area contributed by atoms with E-state index in [0.717, 1.165) is 66.0 Å². The van der Waals surface area contributed by atoms with Gasteiger partial charge >= 0.3 is 20.4 Å². The molecule has 0 unspecified atom stereocenters. The summed E-state index contributed by atoms with van der Waals surface area (Å²) >= 11 is 0. The van der Waals surface area contributed by atoms with E-state index in [0.29, 0.717) is 11.5 Å². The number of hydrogen-bond acceptors (Lipinski definition) is 3. The van der Waals surface area contributed by atoms with Gasteiger partial charge in [-0.15, -0.1) is 29.7 Å². The van der Waals surface area contributed by atoms with Crippen molar-refractivity contribution in [2.75, 3.05) is 0 Å². The van der Waals surface area contributed by atoms with Gasteiger partial charge in [0.25, 0.3) is 0 Å². The van der Waals surface area contributed by atoms with Crippen LogP contribution in [0.3, 0.4) is 0 Å². The Morgan fingerprint density at radius 3 is 1.88 bits per heavy atom. The number of imidazole rings is 1. The molecule has 0 saturated heterocycles. The molecule has 0 aliphatic heterocycles. The molecule has 0 N–H and O–H groups in total. The van der Waals surface area contributed by atoms with Gasteiger partial charge in [0.1, 0.15) is 5.82 Å². The third-order valence-electron chi connectivity index (χ3n) is 11.5. The summed E-state index contributed by atoms with van der Waals surface area (Å²) in [4.78, 5) is 10.0. The van der Waals surface area contributed by atoms with Crippen LogP contribution in [0.15, 0.2) is 146 Å². The van der Waals surface area contributed by atoms with Crippen LogP contribution in [0.5, 0.6) is 11.5 Å². The zero-order valence-electron chi connectivity index (χ0n) is 32.4. The Hall–Kier alpha value is -6.58. The topological polar surface area (TPSA) is 44.3 Å². The second kappa shape index (κ2) is 13.8. The van der Waals surface area contributed by atoms with E-state index in [1.165, 1.54) is 44.5 Å². The van der Waals surface area contributed by atoms with Crippen molar-refractivity contribution in [1.29, 1.82) is 0 Å². The van der Waals surface area contributed by atoms with Crippen LogP contribution in [0, 0.1) is 39.8 Å². The first kappa shape index (κ1) is 35.8. The fraction of sp³-hybridized carbons (Fsp3) is 0.0769. The van der Waals surface area contributed by atoms with Gasteiger partial charge in [0.05, 0.1) is 16.7 Å². The standard InChI is InChI=1S/C52H36N4O.Pd/c1-31-13-11-14-32(2)48(31)40-26-27-41(49-33(3)15-12-16-34(49)4)51-50(40)39-25-23-35(29-42(39)52-54-43-18-6-8-20-45(43)56(51)52)57-36-22-24-38-37-17-5-7-19-44(37)55(46(38)30-36)47-21-9-10-28-53-47;/h5-28H,1-4H3;/q-2;+2. The fourth-order valence-corrected chi connectivity index (χ4v) is 9.10. The first-order valence-corrected chi connectivity index (χ1v) is 19.3. The summed E-state index contributed by atoms with van der Waals surface area (Å²) in [5.41, 5.74) is 15.7. The Bertz CT molecular complexity index is 3390. The van der Waals surface area contributed by atoms with Gasteiger partial charge in [0.2, 0.25) is 0 Å². The molecule has 0 atom stereocenters. The van der Waals surface area contributed by atoms with Gasteiger partial charge in [-0.2, -0.15) is 6.07 Å². The molecule has 11 aromatic rings. The maximum atomic E-state index is 6.71. The molecule has 0 bridgehead atoms. The Balaban J connectivity index is 0.00000408. The predicted molar refractivity (Wildman–Crippen MR) is 234 cm³/mol. The van der Waals surface area contributed by atoms with E-state index in [1.54, 1.807) is 0 Å². The second-order valence-corrected chi connectivity index (χ2v) is 15.0. The van der Waals surface area contributed by atoms with Crippen LogP contribution < -0.4 is 4.74 Å². The summed E-state index contributed by atoms with van der Waals surface area (Å²) in [5, 5.41) is 5.35. The van der Waals surface area contributed by atoms with E-state index in [4.69, 9.17) is 14.7 Å². The van der Waals surface area contributed by atoms with Crippen LogP contribution in [0.1, 0.15) is 22.3 Å². The molecule has 7 aromatic carbocycles. The van der Waals surface area contributed by atoms with Gasteiger partial charge in [-0.25, -0.2) is 4.98 Å². The van der Waals surface area contributed by atoms with Crippen LogP contribution >= 0.6 is 0 Å². The molecule has 4 heterocycles. The molecule has 4 aromatic heterocycles. The molecule has 0 fully saturated rings. The van der Waals surface area contributed by atoms with Gasteiger partial charge in [-0.3, -0.25) is 4.98 Å². The zero-order chi connectivity index (χ0) is 38.4. The van der Waals surface area contributed by atoms with Gasteiger partial charge in [-0.05, 0) is 108 Å². The van der Waals surface area contributed by atoms with E-state index in [2.05, 4.69) is 158 Å². The minimum Gasteiger partial charge on any atom is -0.503 e. The quantitative estimate of drug-likeness (QED) is 0.0985. The van der Waals surface area contributed by atoms with E-state index < -0.39 is 0 Å². The zero-order valence-corrected chi connectivity index (χ0v) is 33.9. The molecule has 5 nitrogen and oxygen atoms in total. The Labute approximate surface area is 349 Å². The van der Waals surface area contributed by atoms with Gasteiger partial charge in [-0.1, -0.05) is 107 Å². The largest absolute Gasteiger partial charge is 2.00 e. The summed E-state index contributed by atoms with van der Waals surface area (Å²) in [7, 11) is 0. The van der Waals surface area contributed by atoms with Gasteiger partial charge in [0.15, 0.2) is 0 Å². The minimum absolute atomic E-state index is 0. The Morgan fingerprint density at radius 1 is 0.534 bits per heavy atom. The number of fused-ring (bicyclic) bond motifs is 11. The molecule has 58 heavy (non-hydrogen) atoms. The van der Waals surface area contributed by atoms with Crippen molar-refractivity contribution in [3.05, 3.63) is 180 Å². The third-order valence-corrected chi connectivity index (χ3v) is 11.5. The van der Waals surface area contributed by atoms with Crippen LogP contribution in [0.4, 0.5) is 0 Å². The fourth-order valence-electron chi connectivity index (χ4n) is 9.10.